The Hall–Kier alpha value is -2.88. The van der Waals surface area contributed by atoms with Crippen LogP contribution in [0.4, 0.5) is 10.5 Å². The number of hydrogen-bond acceptors (Lipinski definition) is 3. The predicted octanol–water partition coefficient (Wildman–Crippen LogP) is 3.98. The fraction of sp³-hybridized carbons (Fsp3) is 0.0588. The van der Waals surface area contributed by atoms with E-state index in [9.17, 15) is 4.79 Å². The molecule has 4 nitrogen and oxygen atoms in total. The number of rotatable bonds is 3. The van der Waals surface area contributed by atoms with Gasteiger partial charge in [-0.25, -0.2) is 4.79 Å². The van der Waals surface area contributed by atoms with Crippen molar-refractivity contribution in [3.05, 3.63) is 72.4 Å². The first kappa shape index (κ1) is 13.1. The average molecular weight is 278 g/mol. The van der Waals surface area contributed by atoms with Crippen LogP contribution in [0.5, 0.6) is 0 Å². The van der Waals surface area contributed by atoms with Gasteiger partial charge in [0, 0.05) is 22.8 Å². The predicted molar refractivity (Wildman–Crippen MR) is 82.0 cm³/mol. The Kier molecular flexibility index (Phi) is 3.78. The van der Waals surface area contributed by atoms with E-state index in [0.717, 1.165) is 16.5 Å². The zero-order chi connectivity index (χ0) is 14.5. The molecule has 3 aromatic rings. The highest BCUT2D eigenvalue weighted by Crippen LogP contribution is 2.13. The number of pyridine rings is 1. The quantitative estimate of drug-likeness (QED) is 0.788. The number of carbonyl (C=O) groups is 1. The number of para-hydroxylation sites is 2. The normalized spacial score (nSPS) is 10.3. The lowest BCUT2D eigenvalue weighted by molar-refractivity contribution is 0.155. The average Bonchev–Trinajstić information content (AvgIpc) is 2.54. The zero-order valence-electron chi connectivity index (χ0n) is 11.3. The Morgan fingerprint density at radius 2 is 1.81 bits per heavy atom. The van der Waals surface area contributed by atoms with Gasteiger partial charge in [-0.2, -0.15) is 0 Å². The van der Waals surface area contributed by atoms with Gasteiger partial charge in [0.1, 0.15) is 6.61 Å². The molecule has 0 spiro atoms. The molecule has 4 heteroatoms. The van der Waals surface area contributed by atoms with Crippen molar-refractivity contribution in [1.82, 2.24) is 4.98 Å². The van der Waals surface area contributed by atoms with Gasteiger partial charge in [0.2, 0.25) is 0 Å². The highest BCUT2D eigenvalue weighted by molar-refractivity contribution is 5.84. The minimum absolute atomic E-state index is 0.191. The van der Waals surface area contributed by atoms with Gasteiger partial charge in [-0.15, -0.1) is 0 Å². The maximum atomic E-state index is 11.7. The van der Waals surface area contributed by atoms with Crippen LogP contribution in [0.3, 0.4) is 0 Å². The van der Waals surface area contributed by atoms with E-state index in [1.54, 1.807) is 18.3 Å². The van der Waals surface area contributed by atoms with Gasteiger partial charge in [-0.1, -0.05) is 36.4 Å². The summed E-state index contributed by atoms with van der Waals surface area (Å²) in [5.41, 5.74) is 2.49. The lowest BCUT2D eigenvalue weighted by Crippen LogP contribution is -2.13. The fourth-order valence-electron chi connectivity index (χ4n) is 2.02. The van der Waals surface area contributed by atoms with Crippen molar-refractivity contribution in [2.45, 2.75) is 6.61 Å². The molecule has 0 fully saturated rings. The fourth-order valence-corrected chi connectivity index (χ4v) is 2.02. The third-order valence-corrected chi connectivity index (χ3v) is 3.04. The summed E-state index contributed by atoms with van der Waals surface area (Å²) in [4.78, 5) is 16.0. The first-order valence-corrected chi connectivity index (χ1v) is 6.64. The van der Waals surface area contributed by atoms with E-state index in [2.05, 4.69) is 10.3 Å². The van der Waals surface area contributed by atoms with Crippen LogP contribution >= 0.6 is 0 Å². The second-order valence-electron chi connectivity index (χ2n) is 4.60. The van der Waals surface area contributed by atoms with Crippen molar-refractivity contribution in [2.24, 2.45) is 0 Å². The summed E-state index contributed by atoms with van der Waals surface area (Å²) in [6.07, 6.45) is 1.24. The zero-order valence-corrected chi connectivity index (χ0v) is 11.3. The molecule has 0 atom stereocenters. The topological polar surface area (TPSA) is 51.2 Å². The molecule has 3 rings (SSSR count). The largest absolute Gasteiger partial charge is 0.444 e. The van der Waals surface area contributed by atoms with E-state index in [-0.39, 0.29) is 6.61 Å². The van der Waals surface area contributed by atoms with Crippen LogP contribution in [0.1, 0.15) is 5.56 Å². The molecular weight excluding hydrogens is 264 g/mol. The summed E-state index contributed by atoms with van der Waals surface area (Å²) in [6.45, 7) is 0.191. The van der Waals surface area contributed by atoms with Crippen LogP contribution in [0.25, 0.3) is 10.9 Å². The molecule has 21 heavy (non-hydrogen) atoms. The van der Waals surface area contributed by atoms with Crippen molar-refractivity contribution in [1.29, 1.82) is 0 Å². The van der Waals surface area contributed by atoms with Gasteiger partial charge in [-0.05, 0) is 24.3 Å². The van der Waals surface area contributed by atoms with Crippen molar-refractivity contribution in [3.8, 4) is 0 Å². The number of ether oxygens (including phenoxy) is 1. The number of fused-ring (bicyclic) bond motifs is 1. The van der Waals surface area contributed by atoms with Crippen molar-refractivity contribution >= 4 is 22.7 Å². The lowest BCUT2D eigenvalue weighted by atomic mass is 10.2. The molecule has 1 aromatic heterocycles. The summed E-state index contributed by atoms with van der Waals surface area (Å²) in [5, 5.41) is 3.70. The standard InChI is InChI=1S/C17H14N2O2/c20-17(19-15-7-2-1-3-8-15)21-12-13-10-14-6-4-5-9-16(14)18-11-13/h1-11H,12H2,(H,19,20). The maximum Gasteiger partial charge on any atom is 0.411 e. The molecule has 1 N–H and O–H groups in total. The molecule has 1 amide bonds. The molecule has 0 saturated heterocycles. The van der Waals surface area contributed by atoms with E-state index in [1.165, 1.54) is 0 Å². The summed E-state index contributed by atoms with van der Waals surface area (Å²) in [5.74, 6) is 0. The van der Waals surface area contributed by atoms with Crippen LogP contribution in [-0.4, -0.2) is 11.1 Å². The number of nitrogens with zero attached hydrogens (tertiary/aromatic N) is 1. The number of nitrogens with one attached hydrogen (secondary N) is 1. The lowest BCUT2D eigenvalue weighted by Gasteiger charge is -2.07. The Labute approximate surface area is 122 Å². The highest BCUT2D eigenvalue weighted by Gasteiger charge is 2.04. The molecule has 0 unspecified atom stereocenters. The van der Waals surface area contributed by atoms with Gasteiger partial charge >= 0.3 is 6.09 Å². The SMILES string of the molecule is O=C(Nc1ccccc1)OCc1cnc2ccccc2c1. The maximum absolute atomic E-state index is 11.7. The molecule has 104 valence electrons. The van der Waals surface area contributed by atoms with Gasteiger partial charge in [0.25, 0.3) is 0 Å². The number of benzene rings is 2. The van der Waals surface area contributed by atoms with E-state index >= 15 is 0 Å². The number of hydrogen-bond donors (Lipinski definition) is 1. The van der Waals surface area contributed by atoms with E-state index in [0.29, 0.717) is 5.69 Å². The Balaban J connectivity index is 1.62. The molecule has 0 aliphatic carbocycles. The van der Waals surface area contributed by atoms with Crippen LogP contribution in [-0.2, 0) is 11.3 Å². The first-order valence-electron chi connectivity index (χ1n) is 6.64. The van der Waals surface area contributed by atoms with E-state index in [1.807, 2.05) is 48.5 Å². The first-order chi connectivity index (χ1) is 10.3. The van der Waals surface area contributed by atoms with Crippen LogP contribution in [0.15, 0.2) is 66.9 Å². The molecule has 1 heterocycles. The monoisotopic (exact) mass is 278 g/mol. The van der Waals surface area contributed by atoms with E-state index in [4.69, 9.17) is 4.74 Å². The van der Waals surface area contributed by atoms with Gasteiger partial charge in [-0.3, -0.25) is 10.3 Å². The molecular formula is C17H14N2O2. The van der Waals surface area contributed by atoms with Crippen LogP contribution in [0.2, 0.25) is 0 Å². The Morgan fingerprint density at radius 3 is 2.67 bits per heavy atom. The number of anilines is 1. The molecule has 0 bridgehead atoms. The van der Waals surface area contributed by atoms with Crippen molar-refractivity contribution < 1.29 is 9.53 Å². The Bertz CT molecular complexity index is 757. The number of amides is 1. The van der Waals surface area contributed by atoms with Crippen molar-refractivity contribution in [2.75, 3.05) is 5.32 Å². The summed E-state index contributed by atoms with van der Waals surface area (Å²) < 4.78 is 5.19. The minimum Gasteiger partial charge on any atom is -0.444 e. The molecule has 2 aromatic carbocycles. The second-order valence-corrected chi connectivity index (χ2v) is 4.60. The van der Waals surface area contributed by atoms with E-state index < -0.39 is 6.09 Å². The van der Waals surface area contributed by atoms with Gasteiger partial charge < -0.3 is 4.74 Å². The minimum atomic E-state index is -0.477. The number of aromatic nitrogens is 1. The third-order valence-electron chi connectivity index (χ3n) is 3.04. The van der Waals surface area contributed by atoms with Crippen molar-refractivity contribution in [3.63, 3.8) is 0 Å². The Morgan fingerprint density at radius 1 is 1.05 bits per heavy atom. The van der Waals surface area contributed by atoms with Gasteiger partial charge in [0.15, 0.2) is 0 Å². The summed E-state index contributed by atoms with van der Waals surface area (Å²) in [6, 6.07) is 19.0. The molecule has 0 radical (unpaired) electrons. The van der Waals surface area contributed by atoms with Crippen LogP contribution in [0, 0.1) is 0 Å². The van der Waals surface area contributed by atoms with Gasteiger partial charge in [0.05, 0.1) is 5.52 Å². The number of carbonyl (C=O) groups excluding carboxylic acids is 1. The molecule has 0 aliphatic rings. The third kappa shape index (κ3) is 3.36. The second kappa shape index (κ2) is 6.05. The summed E-state index contributed by atoms with van der Waals surface area (Å²) in [7, 11) is 0. The highest BCUT2D eigenvalue weighted by atomic mass is 16.5. The summed E-state index contributed by atoms with van der Waals surface area (Å²) >= 11 is 0. The smallest absolute Gasteiger partial charge is 0.411 e. The van der Waals surface area contributed by atoms with Crippen LogP contribution < -0.4 is 5.32 Å². The molecule has 0 saturated carbocycles. The molecule has 0 aliphatic heterocycles.